The maximum absolute atomic E-state index is 12.8. The van der Waals surface area contributed by atoms with Crippen LogP contribution in [0.15, 0.2) is 10.6 Å². The van der Waals surface area contributed by atoms with Gasteiger partial charge in [0.1, 0.15) is 5.76 Å². The summed E-state index contributed by atoms with van der Waals surface area (Å²) >= 11 is 0. The number of aromatic nitrogens is 1. The number of fused-ring (bicyclic) bond motifs is 1. The fraction of sp³-hybridized carbons (Fsp3) is 0.667. The molecule has 1 saturated carbocycles. The van der Waals surface area contributed by atoms with Crippen molar-refractivity contribution in [3.8, 4) is 0 Å². The molecule has 1 aromatic rings. The molecule has 3 fully saturated rings. The Morgan fingerprint density at radius 3 is 2.69 bits per heavy atom. The molecule has 0 aromatic carbocycles. The highest BCUT2D eigenvalue weighted by Crippen LogP contribution is 2.32. The highest BCUT2D eigenvalue weighted by atomic mass is 16.5. The molecule has 0 radical (unpaired) electrons. The van der Waals surface area contributed by atoms with E-state index in [0.29, 0.717) is 31.1 Å². The predicted octanol–water partition coefficient (Wildman–Crippen LogP) is 0.476. The van der Waals surface area contributed by atoms with Gasteiger partial charge in [0, 0.05) is 43.6 Å². The van der Waals surface area contributed by atoms with Crippen molar-refractivity contribution >= 4 is 17.7 Å². The van der Waals surface area contributed by atoms with Crippen LogP contribution < -0.4 is 10.6 Å². The van der Waals surface area contributed by atoms with Crippen LogP contribution in [0.2, 0.25) is 0 Å². The van der Waals surface area contributed by atoms with Gasteiger partial charge in [-0.15, -0.1) is 0 Å². The molecule has 3 aliphatic rings. The summed E-state index contributed by atoms with van der Waals surface area (Å²) in [4.78, 5) is 38.6. The first-order chi connectivity index (χ1) is 12.5. The van der Waals surface area contributed by atoms with Gasteiger partial charge in [-0.3, -0.25) is 14.4 Å². The fourth-order valence-corrected chi connectivity index (χ4v) is 4.39. The molecule has 1 aromatic heterocycles. The van der Waals surface area contributed by atoms with Crippen LogP contribution in [0.5, 0.6) is 0 Å². The normalized spacial score (nSPS) is 30.8. The van der Waals surface area contributed by atoms with E-state index in [0.717, 1.165) is 25.7 Å². The Morgan fingerprint density at radius 2 is 2.04 bits per heavy atom. The molecule has 0 bridgehead atoms. The van der Waals surface area contributed by atoms with Crippen molar-refractivity contribution in [3.63, 3.8) is 0 Å². The van der Waals surface area contributed by atoms with E-state index in [1.165, 1.54) is 0 Å². The number of carbonyl (C=O) groups excluding carboxylic acids is 3. The molecule has 2 N–H and O–H groups in total. The summed E-state index contributed by atoms with van der Waals surface area (Å²) in [6.07, 6.45) is 3.08. The molecule has 4 rings (SSSR count). The van der Waals surface area contributed by atoms with Gasteiger partial charge in [0.05, 0.1) is 5.92 Å². The van der Waals surface area contributed by atoms with Gasteiger partial charge in [-0.1, -0.05) is 5.16 Å². The lowest BCUT2D eigenvalue weighted by molar-refractivity contribution is -0.136. The van der Waals surface area contributed by atoms with E-state index in [4.69, 9.17) is 4.52 Å². The van der Waals surface area contributed by atoms with Crippen molar-refractivity contribution in [2.45, 2.75) is 38.6 Å². The van der Waals surface area contributed by atoms with Gasteiger partial charge in [0.15, 0.2) is 5.69 Å². The van der Waals surface area contributed by atoms with Crippen molar-refractivity contribution in [2.24, 2.45) is 17.8 Å². The van der Waals surface area contributed by atoms with E-state index in [-0.39, 0.29) is 41.5 Å². The Morgan fingerprint density at radius 1 is 1.27 bits per heavy atom. The average Bonchev–Trinajstić information content (AvgIpc) is 3.33. The molecule has 2 aliphatic heterocycles. The van der Waals surface area contributed by atoms with Crippen LogP contribution in [0, 0.1) is 24.7 Å². The van der Waals surface area contributed by atoms with Crippen molar-refractivity contribution in [1.82, 2.24) is 20.7 Å². The molecule has 0 spiro atoms. The van der Waals surface area contributed by atoms with Gasteiger partial charge in [0.25, 0.3) is 5.91 Å². The number of aryl methyl sites for hydroxylation is 1. The number of rotatable bonds is 3. The Labute approximate surface area is 151 Å². The van der Waals surface area contributed by atoms with Gasteiger partial charge < -0.3 is 20.1 Å². The zero-order valence-corrected chi connectivity index (χ0v) is 14.9. The third kappa shape index (κ3) is 3.20. The lowest BCUT2D eigenvalue weighted by Gasteiger charge is -2.31. The lowest BCUT2D eigenvalue weighted by Crippen LogP contribution is -2.42. The number of hydrogen-bond donors (Lipinski definition) is 2. The molecule has 2 atom stereocenters. The summed E-state index contributed by atoms with van der Waals surface area (Å²) in [5, 5.41) is 9.58. The Bertz CT molecular complexity index is 723. The summed E-state index contributed by atoms with van der Waals surface area (Å²) in [7, 11) is 0. The van der Waals surface area contributed by atoms with E-state index in [1.54, 1.807) is 13.0 Å². The predicted molar refractivity (Wildman–Crippen MR) is 91.0 cm³/mol. The van der Waals surface area contributed by atoms with E-state index < -0.39 is 0 Å². The Kier molecular flexibility index (Phi) is 4.42. The third-order valence-corrected chi connectivity index (χ3v) is 5.90. The molecule has 2 saturated heterocycles. The van der Waals surface area contributed by atoms with Crippen LogP contribution in [0.3, 0.4) is 0 Å². The first-order valence-corrected chi connectivity index (χ1v) is 9.32. The third-order valence-electron chi connectivity index (χ3n) is 5.90. The number of carbonyl (C=O) groups is 3. The molecule has 0 unspecified atom stereocenters. The van der Waals surface area contributed by atoms with E-state index in [2.05, 4.69) is 15.8 Å². The molecular formula is C18H24N4O4. The van der Waals surface area contributed by atoms with Crippen LogP contribution in [-0.2, 0) is 9.59 Å². The largest absolute Gasteiger partial charge is 0.361 e. The Hall–Kier alpha value is -2.38. The van der Waals surface area contributed by atoms with Crippen LogP contribution in [0.4, 0.5) is 0 Å². The molecular weight excluding hydrogens is 336 g/mol. The Balaban J connectivity index is 1.26. The minimum Gasteiger partial charge on any atom is -0.361 e. The van der Waals surface area contributed by atoms with Crippen LogP contribution in [0.25, 0.3) is 0 Å². The first-order valence-electron chi connectivity index (χ1n) is 9.32. The minimum atomic E-state index is -0.227. The van der Waals surface area contributed by atoms with Gasteiger partial charge in [-0.2, -0.15) is 0 Å². The van der Waals surface area contributed by atoms with E-state index >= 15 is 0 Å². The zero-order chi connectivity index (χ0) is 18.3. The van der Waals surface area contributed by atoms with Crippen molar-refractivity contribution in [2.75, 3.05) is 19.6 Å². The van der Waals surface area contributed by atoms with Crippen LogP contribution >= 0.6 is 0 Å². The maximum Gasteiger partial charge on any atom is 0.273 e. The SMILES string of the molecule is Cc1cc(C(=O)NC2CCC(C(=O)N3C[C@@H]4CNC(=O)[C@@H]4C3)CC2)no1. The second kappa shape index (κ2) is 6.74. The van der Waals surface area contributed by atoms with Gasteiger partial charge in [-0.25, -0.2) is 0 Å². The summed E-state index contributed by atoms with van der Waals surface area (Å²) in [6, 6.07) is 1.68. The minimum absolute atomic E-state index is 0.000616. The van der Waals surface area contributed by atoms with Crippen molar-refractivity contribution in [1.29, 1.82) is 0 Å². The molecule has 3 amide bonds. The van der Waals surface area contributed by atoms with Crippen LogP contribution in [-0.4, -0.2) is 53.5 Å². The molecule has 140 valence electrons. The van der Waals surface area contributed by atoms with Crippen LogP contribution in [0.1, 0.15) is 41.9 Å². The molecule has 3 heterocycles. The number of nitrogens with one attached hydrogen (secondary N) is 2. The molecule has 1 aliphatic carbocycles. The monoisotopic (exact) mass is 360 g/mol. The van der Waals surface area contributed by atoms with Crippen molar-refractivity contribution < 1.29 is 18.9 Å². The molecule has 8 heteroatoms. The number of hydrogen-bond acceptors (Lipinski definition) is 5. The van der Waals surface area contributed by atoms with Gasteiger partial charge in [0.2, 0.25) is 11.8 Å². The van der Waals surface area contributed by atoms with Crippen molar-refractivity contribution in [3.05, 3.63) is 17.5 Å². The smallest absolute Gasteiger partial charge is 0.273 e. The topological polar surface area (TPSA) is 105 Å². The highest BCUT2D eigenvalue weighted by Gasteiger charge is 2.44. The number of nitrogens with zero attached hydrogens (tertiary/aromatic N) is 2. The molecule has 26 heavy (non-hydrogen) atoms. The molecule has 8 nitrogen and oxygen atoms in total. The summed E-state index contributed by atoms with van der Waals surface area (Å²) < 4.78 is 4.93. The highest BCUT2D eigenvalue weighted by molar-refractivity contribution is 5.92. The quantitative estimate of drug-likeness (QED) is 0.816. The fourth-order valence-electron chi connectivity index (χ4n) is 4.39. The lowest BCUT2D eigenvalue weighted by atomic mass is 9.85. The summed E-state index contributed by atoms with van der Waals surface area (Å²) in [5.41, 5.74) is 0.294. The first kappa shape index (κ1) is 17.1. The second-order valence-electron chi connectivity index (χ2n) is 7.70. The average molecular weight is 360 g/mol. The number of likely N-dealkylation sites (tertiary alicyclic amines) is 1. The van der Waals surface area contributed by atoms with Gasteiger partial charge >= 0.3 is 0 Å². The maximum atomic E-state index is 12.8. The van der Waals surface area contributed by atoms with E-state index in [9.17, 15) is 14.4 Å². The van der Waals surface area contributed by atoms with Gasteiger partial charge in [-0.05, 0) is 32.6 Å². The summed E-state index contributed by atoms with van der Waals surface area (Å²) in [6.45, 7) is 3.67. The zero-order valence-electron chi connectivity index (χ0n) is 14.9. The van der Waals surface area contributed by atoms with E-state index in [1.807, 2.05) is 4.90 Å². The second-order valence-corrected chi connectivity index (χ2v) is 7.70. The summed E-state index contributed by atoms with van der Waals surface area (Å²) in [5.74, 6) is 0.875. The standard InChI is InChI=1S/C18H24N4O4/c1-10-6-15(21-26-10)17(24)20-13-4-2-11(3-5-13)18(25)22-8-12-7-19-16(23)14(12)9-22/h6,11-14H,2-5,7-9H2,1H3,(H,19,23)(H,20,24)/t11?,12-,13?,14+/m0/s1. The number of amides is 3.